The van der Waals surface area contributed by atoms with Gasteiger partial charge in [-0.05, 0) is 57.0 Å². The Kier molecular flexibility index (Phi) is 4.44. The highest BCUT2D eigenvalue weighted by Gasteiger charge is 2.23. The molecule has 0 N–H and O–H groups in total. The Morgan fingerprint density at radius 3 is 2.84 bits per heavy atom. The summed E-state index contributed by atoms with van der Waals surface area (Å²) in [6.45, 7) is 6.99. The molecule has 1 aliphatic rings. The summed E-state index contributed by atoms with van der Waals surface area (Å²) < 4.78 is 0. The standard InChI is InChI=1S/C16H23N3/c1-13-6-7-15(11-14(13)2)19-9-4-5-16(12-19)18(3)10-8-17/h6-7,11,16H,4-5,9-10,12H2,1-3H3. The SMILES string of the molecule is Cc1ccc(N2CCCC(N(C)CC#N)C2)cc1C. The van der Waals surface area contributed by atoms with E-state index in [1.54, 1.807) is 0 Å². The number of anilines is 1. The fourth-order valence-electron chi connectivity index (χ4n) is 2.71. The number of hydrogen-bond donors (Lipinski definition) is 0. The first-order chi connectivity index (χ1) is 9.11. The zero-order valence-corrected chi connectivity index (χ0v) is 12.2. The maximum Gasteiger partial charge on any atom is 0.0866 e. The van der Waals surface area contributed by atoms with Gasteiger partial charge in [0, 0.05) is 24.8 Å². The Morgan fingerprint density at radius 2 is 2.16 bits per heavy atom. The van der Waals surface area contributed by atoms with Gasteiger partial charge in [-0.25, -0.2) is 0 Å². The van der Waals surface area contributed by atoms with E-state index in [1.165, 1.54) is 29.7 Å². The van der Waals surface area contributed by atoms with E-state index in [0.29, 0.717) is 12.6 Å². The van der Waals surface area contributed by atoms with Crippen LogP contribution in [0.3, 0.4) is 0 Å². The van der Waals surface area contributed by atoms with E-state index in [4.69, 9.17) is 5.26 Å². The second-order valence-electron chi connectivity index (χ2n) is 5.58. The van der Waals surface area contributed by atoms with Crippen molar-refractivity contribution in [1.29, 1.82) is 5.26 Å². The molecule has 1 atom stereocenters. The zero-order valence-electron chi connectivity index (χ0n) is 12.2. The summed E-state index contributed by atoms with van der Waals surface area (Å²) in [6.07, 6.45) is 2.40. The van der Waals surface area contributed by atoms with E-state index < -0.39 is 0 Å². The van der Waals surface area contributed by atoms with Crippen molar-refractivity contribution >= 4 is 5.69 Å². The lowest BCUT2D eigenvalue weighted by atomic mass is 10.0. The molecule has 102 valence electrons. The van der Waals surface area contributed by atoms with Gasteiger partial charge in [-0.15, -0.1) is 0 Å². The average molecular weight is 257 g/mol. The molecular formula is C16H23N3. The number of likely N-dealkylation sites (N-methyl/N-ethyl adjacent to an activating group) is 1. The third-order valence-corrected chi connectivity index (χ3v) is 4.20. The smallest absolute Gasteiger partial charge is 0.0866 e. The molecule has 1 aliphatic heterocycles. The molecule has 0 spiro atoms. The Bertz CT molecular complexity index is 475. The average Bonchev–Trinajstić information content (AvgIpc) is 2.42. The van der Waals surface area contributed by atoms with Gasteiger partial charge in [0.25, 0.3) is 0 Å². The molecule has 0 aromatic heterocycles. The van der Waals surface area contributed by atoms with E-state index in [-0.39, 0.29) is 0 Å². The molecule has 3 nitrogen and oxygen atoms in total. The number of aryl methyl sites for hydroxylation is 2. The molecule has 2 rings (SSSR count). The molecule has 0 aliphatic carbocycles. The van der Waals surface area contributed by atoms with E-state index in [1.807, 2.05) is 0 Å². The van der Waals surface area contributed by atoms with Crippen molar-refractivity contribution in [3.8, 4) is 6.07 Å². The topological polar surface area (TPSA) is 30.3 Å². The first kappa shape index (κ1) is 13.9. The maximum atomic E-state index is 8.81. The second-order valence-corrected chi connectivity index (χ2v) is 5.58. The molecule has 19 heavy (non-hydrogen) atoms. The molecule has 3 heteroatoms. The minimum Gasteiger partial charge on any atom is -0.370 e. The maximum absolute atomic E-state index is 8.81. The van der Waals surface area contributed by atoms with Gasteiger partial charge in [-0.1, -0.05) is 6.07 Å². The van der Waals surface area contributed by atoms with E-state index >= 15 is 0 Å². The Balaban J connectivity index is 2.08. The van der Waals surface area contributed by atoms with Crippen LogP contribution < -0.4 is 4.90 Å². The molecule has 0 saturated carbocycles. The van der Waals surface area contributed by atoms with Crippen molar-refractivity contribution in [2.24, 2.45) is 0 Å². The quantitative estimate of drug-likeness (QED) is 0.780. The minimum absolute atomic E-state index is 0.495. The van der Waals surface area contributed by atoms with Crippen LogP contribution in [0.1, 0.15) is 24.0 Å². The minimum atomic E-state index is 0.495. The first-order valence-corrected chi connectivity index (χ1v) is 7.01. The van der Waals surface area contributed by atoms with Crippen molar-refractivity contribution in [3.63, 3.8) is 0 Å². The zero-order chi connectivity index (χ0) is 13.8. The molecular weight excluding hydrogens is 234 g/mol. The predicted octanol–water partition coefficient (Wildman–Crippen LogP) is 2.73. The fraction of sp³-hybridized carbons (Fsp3) is 0.562. The predicted molar refractivity (Wildman–Crippen MR) is 79.4 cm³/mol. The largest absolute Gasteiger partial charge is 0.370 e. The van der Waals surface area contributed by atoms with Crippen LogP contribution in [0.2, 0.25) is 0 Å². The first-order valence-electron chi connectivity index (χ1n) is 7.01. The van der Waals surface area contributed by atoms with Crippen molar-refractivity contribution < 1.29 is 0 Å². The number of nitrogens with zero attached hydrogens (tertiary/aromatic N) is 3. The second kappa shape index (κ2) is 6.08. The number of piperidine rings is 1. The van der Waals surface area contributed by atoms with Crippen LogP contribution in [0.25, 0.3) is 0 Å². The van der Waals surface area contributed by atoms with Gasteiger partial charge in [0.1, 0.15) is 0 Å². The summed E-state index contributed by atoms with van der Waals surface area (Å²) in [4.78, 5) is 4.63. The lowest BCUT2D eigenvalue weighted by Crippen LogP contribution is -2.46. The lowest BCUT2D eigenvalue weighted by molar-refractivity contribution is 0.238. The van der Waals surface area contributed by atoms with Crippen molar-refractivity contribution in [3.05, 3.63) is 29.3 Å². The van der Waals surface area contributed by atoms with Crippen LogP contribution in [0.5, 0.6) is 0 Å². The number of rotatable bonds is 3. The normalized spacial score (nSPS) is 19.5. The van der Waals surface area contributed by atoms with Crippen LogP contribution in [0.15, 0.2) is 18.2 Å². The van der Waals surface area contributed by atoms with E-state index in [2.05, 4.69) is 55.0 Å². The molecule has 1 aromatic carbocycles. The van der Waals surface area contributed by atoms with Gasteiger partial charge in [0.2, 0.25) is 0 Å². The summed E-state index contributed by atoms with van der Waals surface area (Å²) >= 11 is 0. The highest BCUT2D eigenvalue weighted by atomic mass is 15.2. The highest BCUT2D eigenvalue weighted by Crippen LogP contribution is 2.24. The van der Waals surface area contributed by atoms with Crippen LogP contribution in [0, 0.1) is 25.2 Å². The Morgan fingerprint density at radius 1 is 1.37 bits per heavy atom. The highest BCUT2D eigenvalue weighted by molar-refractivity contribution is 5.51. The fourth-order valence-corrected chi connectivity index (χ4v) is 2.71. The van der Waals surface area contributed by atoms with Gasteiger partial charge in [-0.2, -0.15) is 5.26 Å². The summed E-state index contributed by atoms with van der Waals surface area (Å²) in [7, 11) is 2.05. The molecule has 1 heterocycles. The van der Waals surface area contributed by atoms with Gasteiger partial charge < -0.3 is 4.90 Å². The van der Waals surface area contributed by atoms with Crippen LogP contribution >= 0.6 is 0 Å². The van der Waals surface area contributed by atoms with E-state index in [9.17, 15) is 0 Å². The van der Waals surface area contributed by atoms with Crippen LogP contribution in [-0.4, -0.2) is 37.6 Å². The Hall–Kier alpha value is -1.53. The van der Waals surface area contributed by atoms with Gasteiger partial charge in [-0.3, -0.25) is 4.90 Å². The van der Waals surface area contributed by atoms with Crippen LogP contribution in [-0.2, 0) is 0 Å². The van der Waals surface area contributed by atoms with Crippen molar-refractivity contribution in [2.75, 3.05) is 31.6 Å². The summed E-state index contributed by atoms with van der Waals surface area (Å²) in [6, 6.07) is 9.44. The Labute approximate surface area is 116 Å². The summed E-state index contributed by atoms with van der Waals surface area (Å²) in [5, 5.41) is 8.81. The van der Waals surface area contributed by atoms with Crippen LogP contribution in [0.4, 0.5) is 5.69 Å². The number of benzene rings is 1. The third-order valence-electron chi connectivity index (χ3n) is 4.20. The molecule has 1 unspecified atom stereocenters. The third kappa shape index (κ3) is 3.27. The van der Waals surface area contributed by atoms with Gasteiger partial charge >= 0.3 is 0 Å². The van der Waals surface area contributed by atoms with Gasteiger partial charge in [0.05, 0.1) is 12.6 Å². The molecule has 1 aromatic rings. The van der Waals surface area contributed by atoms with Crippen molar-refractivity contribution in [1.82, 2.24) is 4.90 Å². The molecule has 0 radical (unpaired) electrons. The molecule has 0 bridgehead atoms. The molecule has 1 fully saturated rings. The molecule has 1 saturated heterocycles. The lowest BCUT2D eigenvalue weighted by Gasteiger charge is -2.38. The van der Waals surface area contributed by atoms with Crippen molar-refractivity contribution in [2.45, 2.75) is 32.7 Å². The number of nitriles is 1. The summed E-state index contributed by atoms with van der Waals surface area (Å²) in [5.41, 5.74) is 4.02. The number of hydrogen-bond acceptors (Lipinski definition) is 3. The summed E-state index contributed by atoms with van der Waals surface area (Å²) in [5.74, 6) is 0. The molecule has 0 amide bonds. The monoisotopic (exact) mass is 257 g/mol. The van der Waals surface area contributed by atoms with Gasteiger partial charge in [0.15, 0.2) is 0 Å². The van der Waals surface area contributed by atoms with E-state index in [0.717, 1.165) is 13.1 Å².